The Balaban J connectivity index is 1.65. The topological polar surface area (TPSA) is 87.3 Å². The molecule has 1 aliphatic heterocycles. The molecule has 2 atom stereocenters. The Morgan fingerprint density at radius 3 is 2.96 bits per heavy atom. The lowest BCUT2D eigenvalue weighted by Crippen LogP contribution is -2.35. The molecule has 2 unspecified atom stereocenters. The van der Waals surface area contributed by atoms with Gasteiger partial charge in [0.1, 0.15) is 5.82 Å². The van der Waals surface area contributed by atoms with Crippen LogP contribution in [0.5, 0.6) is 0 Å². The first-order valence-electron chi connectivity index (χ1n) is 9.40. The standard InChI is InChI=1S/C20H25BrN4O3/c1-13(11-23-20(27)28-2)10-18(26)25-9-5-8-17(25)19-22-12-16(24-19)14-6-3-4-7-15(14)21/h3-4,6-7,12-13,17H,5,8-11H2,1-2H3,(H,22,24)(H,23,27). The summed E-state index contributed by atoms with van der Waals surface area (Å²) >= 11 is 3.57. The molecule has 0 saturated carbocycles. The van der Waals surface area contributed by atoms with Gasteiger partial charge in [-0.3, -0.25) is 4.79 Å². The third-order valence-electron chi connectivity index (χ3n) is 4.95. The molecule has 7 nitrogen and oxygen atoms in total. The van der Waals surface area contributed by atoms with Crippen LogP contribution >= 0.6 is 15.9 Å². The second-order valence-corrected chi connectivity index (χ2v) is 7.94. The molecule has 1 aliphatic rings. The van der Waals surface area contributed by atoms with Crippen LogP contribution in [0.1, 0.15) is 38.1 Å². The number of aromatic nitrogens is 2. The average molecular weight is 449 g/mol. The molecule has 1 aromatic carbocycles. The quantitative estimate of drug-likeness (QED) is 0.701. The fourth-order valence-electron chi connectivity index (χ4n) is 3.49. The van der Waals surface area contributed by atoms with Gasteiger partial charge in [-0.15, -0.1) is 0 Å². The van der Waals surface area contributed by atoms with E-state index in [1.165, 1.54) is 7.11 Å². The van der Waals surface area contributed by atoms with E-state index in [1.807, 2.05) is 42.3 Å². The van der Waals surface area contributed by atoms with Crippen molar-refractivity contribution in [2.45, 2.75) is 32.2 Å². The van der Waals surface area contributed by atoms with E-state index < -0.39 is 6.09 Å². The van der Waals surface area contributed by atoms with Crippen LogP contribution in [0, 0.1) is 5.92 Å². The number of rotatable bonds is 6. The van der Waals surface area contributed by atoms with Crippen LogP contribution in [-0.4, -0.2) is 47.1 Å². The Bertz CT molecular complexity index is 838. The minimum atomic E-state index is -0.478. The van der Waals surface area contributed by atoms with Gasteiger partial charge in [0.2, 0.25) is 5.91 Å². The van der Waals surface area contributed by atoms with E-state index in [1.54, 1.807) is 0 Å². The molecule has 2 heterocycles. The van der Waals surface area contributed by atoms with Gasteiger partial charge in [-0.05, 0) is 24.8 Å². The van der Waals surface area contributed by atoms with Gasteiger partial charge < -0.3 is 19.9 Å². The summed E-state index contributed by atoms with van der Waals surface area (Å²) in [6.07, 6.45) is 3.56. The number of carbonyl (C=O) groups is 2. The maximum absolute atomic E-state index is 12.8. The fourth-order valence-corrected chi connectivity index (χ4v) is 3.99. The van der Waals surface area contributed by atoms with Crippen molar-refractivity contribution in [1.82, 2.24) is 20.2 Å². The molecule has 0 aliphatic carbocycles. The Kier molecular flexibility index (Phi) is 6.72. The molecule has 3 rings (SSSR count). The van der Waals surface area contributed by atoms with E-state index in [9.17, 15) is 9.59 Å². The summed E-state index contributed by atoms with van der Waals surface area (Å²) in [6, 6.07) is 7.93. The first-order valence-corrected chi connectivity index (χ1v) is 10.2. The number of aromatic amines is 1. The molecule has 2 N–H and O–H groups in total. The number of benzene rings is 1. The van der Waals surface area contributed by atoms with E-state index in [4.69, 9.17) is 0 Å². The van der Waals surface area contributed by atoms with Gasteiger partial charge in [-0.1, -0.05) is 41.1 Å². The Morgan fingerprint density at radius 1 is 1.43 bits per heavy atom. The molecule has 8 heteroatoms. The summed E-state index contributed by atoms with van der Waals surface area (Å²) in [6.45, 7) is 3.08. The highest BCUT2D eigenvalue weighted by Crippen LogP contribution is 2.33. The number of halogens is 1. The Morgan fingerprint density at radius 2 is 2.21 bits per heavy atom. The van der Waals surface area contributed by atoms with E-state index in [0.717, 1.165) is 40.9 Å². The zero-order valence-electron chi connectivity index (χ0n) is 16.1. The fraction of sp³-hybridized carbons (Fsp3) is 0.450. The van der Waals surface area contributed by atoms with Crippen molar-refractivity contribution in [3.63, 3.8) is 0 Å². The Labute approximate surface area is 173 Å². The van der Waals surface area contributed by atoms with Crippen molar-refractivity contribution < 1.29 is 14.3 Å². The molecule has 2 aromatic rings. The number of hydrogen-bond donors (Lipinski definition) is 2. The number of methoxy groups -OCH3 is 1. The number of carbonyl (C=O) groups excluding carboxylic acids is 2. The molecule has 1 fully saturated rings. The molecule has 1 aromatic heterocycles. The van der Waals surface area contributed by atoms with Crippen molar-refractivity contribution in [2.24, 2.45) is 5.92 Å². The van der Waals surface area contributed by atoms with Gasteiger partial charge >= 0.3 is 6.09 Å². The van der Waals surface area contributed by atoms with Gasteiger partial charge in [0, 0.05) is 29.5 Å². The summed E-state index contributed by atoms with van der Waals surface area (Å²) in [5, 5.41) is 2.64. The van der Waals surface area contributed by atoms with Gasteiger partial charge in [0.15, 0.2) is 0 Å². The number of alkyl carbamates (subject to hydrolysis) is 1. The summed E-state index contributed by atoms with van der Waals surface area (Å²) in [4.78, 5) is 33.9. The van der Waals surface area contributed by atoms with Crippen molar-refractivity contribution >= 4 is 27.9 Å². The number of likely N-dealkylation sites (tertiary alicyclic amines) is 1. The van der Waals surface area contributed by atoms with E-state index >= 15 is 0 Å². The van der Waals surface area contributed by atoms with Crippen LogP contribution in [-0.2, 0) is 9.53 Å². The minimum Gasteiger partial charge on any atom is -0.453 e. The lowest BCUT2D eigenvalue weighted by molar-refractivity contribution is -0.133. The van der Waals surface area contributed by atoms with Gasteiger partial charge in [-0.25, -0.2) is 9.78 Å². The van der Waals surface area contributed by atoms with Gasteiger partial charge in [0.05, 0.1) is 25.0 Å². The molecule has 150 valence electrons. The maximum atomic E-state index is 12.8. The molecule has 28 heavy (non-hydrogen) atoms. The third-order valence-corrected chi connectivity index (χ3v) is 5.64. The number of imidazole rings is 1. The van der Waals surface area contributed by atoms with Crippen molar-refractivity contribution in [3.8, 4) is 11.3 Å². The molecule has 2 amide bonds. The first-order chi connectivity index (χ1) is 13.5. The molecule has 0 radical (unpaired) electrons. The third kappa shape index (κ3) is 4.73. The maximum Gasteiger partial charge on any atom is 0.406 e. The predicted octanol–water partition coefficient (Wildman–Crippen LogP) is 3.88. The lowest BCUT2D eigenvalue weighted by atomic mass is 10.1. The number of nitrogens with zero attached hydrogens (tertiary/aromatic N) is 2. The predicted molar refractivity (Wildman–Crippen MR) is 110 cm³/mol. The monoisotopic (exact) mass is 448 g/mol. The van der Waals surface area contributed by atoms with Crippen LogP contribution in [0.25, 0.3) is 11.3 Å². The number of hydrogen-bond acceptors (Lipinski definition) is 4. The van der Waals surface area contributed by atoms with E-state index in [2.05, 4.69) is 36.0 Å². The molecular weight excluding hydrogens is 424 g/mol. The normalized spacial score (nSPS) is 17.4. The zero-order chi connectivity index (χ0) is 20.1. The minimum absolute atomic E-state index is 0.0280. The summed E-state index contributed by atoms with van der Waals surface area (Å²) in [5.74, 6) is 0.928. The van der Waals surface area contributed by atoms with Crippen LogP contribution < -0.4 is 5.32 Å². The van der Waals surface area contributed by atoms with Gasteiger partial charge in [-0.2, -0.15) is 0 Å². The van der Waals surface area contributed by atoms with Crippen LogP contribution in [0.2, 0.25) is 0 Å². The molecule has 1 saturated heterocycles. The molecule has 0 spiro atoms. The summed E-state index contributed by atoms with van der Waals surface area (Å²) < 4.78 is 5.56. The van der Waals surface area contributed by atoms with Crippen molar-refractivity contribution in [1.29, 1.82) is 0 Å². The molecular formula is C20H25BrN4O3. The average Bonchev–Trinajstić information content (AvgIpc) is 3.35. The van der Waals surface area contributed by atoms with E-state index in [-0.39, 0.29) is 17.9 Å². The zero-order valence-corrected chi connectivity index (χ0v) is 17.7. The lowest BCUT2D eigenvalue weighted by Gasteiger charge is -2.25. The number of amides is 2. The van der Waals surface area contributed by atoms with E-state index in [0.29, 0.717) is 13.0 Å². The summed E-state index contributed by atoms with van der Waals surface area (Å²) in [7, 11) is 1.32. The highest BCUT2D eigenvalue weighted by atomic mass is 79.9. The van der Waals surface area contributed by atoms with Crippen LogP contribution in [0.4, 0.5) is 4.79 Å². The second kappa shape index (κ2) is 9.23. The van der Waals surface area contributed by atoms with Crippen LogP contribution in [0.3, 0.4) is 0 Å². The largest absolute Gasteiger partial charge is 0.453 e. The SMILES string of the molecule is COC(=O)NCC(C)CC(=O)N1CCCC1c1ncc(-c2ccccc2Br)[nH]1. The second-order valence-electron chi connectivity index (χ2n) is 7.09. The first kappa shape index (κ1) is 20.4. The van der Waals surface area contributed by atoms with Crippen molar-refractivity contribution in [3.05, 3.63) is 40.8 Å². The van der Waals surface area contributed by atoms with Crippen molar-refractivity contribution in [2.75, 3.05) is 20.2 Å². The highest BCUT2D eigenvalue weighted by Gasteiger charge is 2.32. The Hall–Kier alpha value is -2.35. The smallest absolute Gasteiger partial charge is 0.406 e. The molecule has 0 bridgehead atoms. The highest BCUT2D eigenvalue weighted by molar-refractivity contribution is 9.10. The number of nitrogens with one attached hydrogen (secondary N) is 2. The number of H-pyrrole nitrogens is 1. The van der Waals surface area contributed by atoms with Crippen LogP contribution in [0.15, 0.2) is 34.9 Å². The number of ether oxygens (including phenoxy) is 1. The summed E-state index contributed by atoms with van der Waals surface area (Å²) in [5.41, 5.74) is 1.97. The van der Waals surface area contributed by atoms with Gasteiger partial charge in [0.25, 0.3) is 0 Å².